The van der Waals surface area contributed by atoms with Crippen molar-refractivity contribution in [3.8, 4) is 0 Å². The van der Waals surface area contributed by atoms with Crippen molar-refractivity contribution in [2.75, 3.05) is 10.5 Å². The molecular weight excluding hydrogens is 479 g/mol. The van der Waals surface area contributed by atoms with E-state index in [0.717, 1.165) is 11.3 Å². The summed E-state index contributed by atoms with van der Waals surface area (Å²) in [6.45, 7) is 4.73. The third kappa shape index (κ3) is 5.77. The van der Waals surface area contributed by atoms with Crippen molar-refractivity contribution in [3.63, 3.8) is 0 Å². The summed E-state index contributed by atoms with van der Waals surface area (Å²) in [4.78, 5) is 24.1. The van der Waals surface area contributed by atoms with Gasteiger partial charge in [-0.3, -0.25) is 14.5 Å². The lowest BCUT2D eigenvalue weighted by atomic mass is 9.89. The van der Waals surface area contributed by atoms with Crippen LogP contribution in [0, 0.1) is 0 Å². The SMILES string of the molecule is CCS(=O)(=O)Nc1nc(C(C)(C)C(=O)NC2=C=C=C(c3cncc(C(F)(F)F)n3)C=C2)cs1. The Kier molecular flexibility index (Phi) is 6.62. The number of halogens is 3. The minimum absolute atomic E-state index is 0.0381. The minimum Gasteiger partial charge on any atom is -0.318 e. The number of carbonyl (C=O) groups excluding carboxylic acids is 1. The molecule has 0 aliphatic heterocycles. The van der Waals surface area contributed by atoms with Crippen LogP contribution in [0.5, 0.6) is 0 Å². The number of aromatic nitrogens is 3. The summed E-state index contributed by atoms with van der Waals surface area (Å²) >= 11 is 1.06. The molecule has 13 heteroatoms. The molecule has 33 heavy (non-hydrogen) atoms. The third-order valence-corrected chi connectivity index (χ3v) is 6.68. The molecule has 0 unspecified atom stereocenters. The van der Waals surface area contributed by atoms with E-state index in [-0.39, 0.29) is 27.8 Å². The van der Waals surface area contributed by atoms with E-state index < -0.39 is 33.2 Å². The molecular formula is C20H18F3N5O3S2. The summed E-state index contributed by atoms with van der Waals surface area (Å²) < 4.78 is 64.3. The highest BCUT2D eigenvalue weighted by Gasteiger charge is 2.34. The van der Waals surface area contributed by atoms with Crippen LogP contribution in [0.25, 0.3) is 5.57 Å². The number of rotatable bonds is 7. The van der Waals surface area contributed by atoms with Crippen LogP contribution >= 0.6 is 11.3 Å². The first-order valence-corrected chi connectivity index (χ1v) is 12.0. The minimum atomic E-state index is -4.63. The topological polar surface area (TPSA) is 114 Å². The number of nitrogens with zero attached hydrogens (tertiary/aromatic N) is 3. The van der Waals surface area contributed by atoms with Crippen molar-refractivity contribution in [1.82, 2.24) is 20.3 Å². The van der Waals surface area contributed by atoms with Crippen LogP contribution in [0.4, 0.5) is 18.3 Å². The quantitative estimate of drug-likeness (QED) is 0.567. The van der Waals surface area contributed by atoms with Gasteiger partial charge in [-0.1, -0.05) is 5.73 Å². The van der Waals surface area contributed by atoms with Gasteiger partial charge < -0.3 is 5.32 Å². The second kappa shape index (κ2) is 8.95. The number of amides is 1. The molecule has 1 amide bonds. The zero-order valence-electron chi connectivity index (χ0n) is 17.6. The van der Waals surface area contributed by atoms with Gasteiger partial charge in [0.05, 0.1) is 46.2 Å². The van der Waals surface area contributed by atoms with E-state index in [1.807, 2.05) is 0 Å². The molecule has 3 rings (SSSR count). The predicted octanol–water partition coefficient (Wildman–Crippen LogP) is 3.40. The lowest BCUT2D eigenvalue weighted by Gasteiger charge is -2.21. The highest BCUT2D eigenvalue weighted by Crippen LogP contribution is 2.29. The van der Waals surface area contributed by atoms with Crippen LogP contribution in [0.15, 0.2) is 47.1 Å². The first kappa shape index (κ1) is 24.4. The van der Waals surface area contributed by atoms with Crippen molar-refractivity contribution in [1.29, 1.82) is 0 Å². The zero-order valence-corrected chi connectivity index (χ0v) is 19.2. The van der Waals surface area contributed by atoms with Gasteiger partial charge in [-0.15, -0.1) is 11.3 Å². The molecule has 8 nitrogen and oxygen atoms in total. The summed E-state index contributed by atoms with van der Waals surface area (Å²) in [5.74, 6) is -0.561. The Labute approximate surface area is 191 Å². The smallest absolute Gasteiger partial charge is 0.318 e. The van der Waals surface area contributed by atoms with E-state index in [2.05, 4.69) is 36.5 Å². The fourth-order valence-electron chi connectivity index (χ4n) is 2.45. The van der Waals surface area contributed by atoms with E-state index in [4.69, 9.17) is 0 Å². The van der Waals surface area contributed by atoms with Crippen LogP contribution in [-0.4, -0.2) is 35.0 Å². The molecule has 0 bridgehead atoms. The Morgan fingerprint density at radius 1 is 1.12 bits per heavy atom. The Bertz CT molecular complexity index is 1330. The van der Waals surface area contributed by atoms with Gasteiger partial charge in [0.15, 0.2) is 10.8 Å². The van der Waals surface area contributed by atoms with Crippen LogP contribution < -0.4 is 10.0 Å². The Morgan fingerprint density at radius 3 is 2.45 bits per heavy atom. The van der Waals surface area contributed by atoms with E-state index >= 15 is 0 Å². The van der Waals surface area contributed by atoms with Gasteiger partial charge in [-0.2, -0.15) is 13.2 Å². The Balaban J connectivity index is 1.79. The summed E-state index contributed by atoms with van der Waals surface area (Å²) in [6, 6.07) is 0. The molecule has 0 saturated heterocycles. The molecule has 2 heterocycles. The van der Waals surface area contributed by atoms with E-state index in [1.165, 1.54) is 25.3 Å². The molecule has 0 fully saturated rings. The van der Waals surface area contributed by atoms with Gasteiger partial charge in [0.1, 0.15) is 0 Å². The standard InChI is InChI=1S/C20H18F3N5O3S2/c1-4-33(30,31)28-18-27-16(11-32-18)19(2,3)17(29)25-13-7-5-12(6-8-13)14-9-24-10-15(26-14)20(21,22)23/h5,7,9-11H,4H2,1-3H3,(H,25,29)(H,27,28). The molecule has 0 spiro atoms. The Morgan fingerprint density at radius 2 is 1.85 bits per heavy atom. The number of anilines is 1. The van der Waals surface area contributed by atoms with Crippen molar-refractivity contribution >= 4 is 38.0 Å². The third-order valence-electron chi connectivity index (χ3n) is 4.53. The first-order valence-electron chi connectivity index (χ1n) is 9.43. The molecule has 0 saturated carbocycles. The van der Waals surface area contributed by atoms with Crippen LogP contribution in [-0.2, 0) is 26.4 Å². The zero-order chi connectivity index (χ0) is 24.4. The van der Waals surface area contributed by atoms with Gasteiger partial charge in [-0.05, 0) is 38.7 Å². The number of carbonyl (C=O) groups is 1. The highest BCUT2D eigenvalue weighted by molar-refractivity contribution is 7.92. The normalized spacial score (nSPS) is 14.0. The van der Waals surface area contributed by atoms with Gasteiger partial charge in [0.2, 0.25) is 15.9 Å². The fraction of sp³-hybridized carbons (Fsp3) is 0.300. The van der Waals surface area contributed by atoms with Gasteiger partial charge >= 0.3 is 6.18 Å². The lowest BCUT2D eigenvalue weighted by Crippen LogP contribution is -2.39. The summed E-state index contributed by atoms with van der Waals surface area (Å²) in [6.07, 6.45) is 0.0508. The Hall–Kier alpha value is -3.24. The molecule has 1 aliphatic rings. The molecule has 2 aromatic rings. The highest BCUT2D eigenvalue weighted by atomic mass is 32.2. The number of nitrogens with one attached hydrogen (secondary N) is 2. The van der Waals surface area contributed by atoms with Crippen molar-refractivity contribution < 1.29 is 26.4 Å². The summed E-state index contributed by atoms with van der Waals surface area (Å²) in [5.41, 5.74) is 3.87. The van der Waals surface area contributed by atoms with Gasteiger partial charge in [-0.25, -0.2) is 18.4 Å². The van der Waals surface area contributed by atoms with Crippen LogP contribution in [0.3, 0.4) is 0 Å². The number of sulfonamides is 1. The number of alkyl halides is 3. The van der Waals surface area contributed by atoms with Crippen LogP contribution in [0.1, 0.15) is 37.9 Å². The maximum Gasteiger partial charge on any atom is 0.434 e. The second-order valence-electron chi connectivity index (χ2n) is 7.32. The van der Waals surface area contributed by atoms with Crippen molar-refractivity contribution in [2.24, 2.45) is 0 Å². The summed E-state index contributed by atoms with van der Waals surface area (Å²) in [7, 11) is -3.50. The number of hydrogen-bond acceptors (Lipinski definition) is 7. The largest absolute Gasteiger partial charge is 0.434 e. The van der Waals surface area contributed by atoms with Gasteiger partial charge in [0, 0.05) is 5.38 Å². The van der Waals surface area contributed by atoms with Gasteiger partial charge in [0.25, 0.3) is 0 Å². The summed E-state index contributed by atoms with van der Waals surface area (Å²) in [5, 5.41) is 4.38. The monoisotopic (exact) mass is 497 g/mol. The van der Waals surface area contributed by atoms with E-state index in [1.54, 1.807) is 19.2 Å². The molecule has 2 aromatic heterocycles. The second-order valence-corrected chi connectivity index (χ2v) is 10.2. The molecule has 0 atom stereocenters. The maximum atomic E-state index is 12.8. The van der Waals surface area contributed by atoms with E-state index in [0.29, 0.717) is 11.9 Å². The molecule has 1 aliphatic carbocycles. The molecule has 174 valence electrons. The molecule has 2 N–H and O–H groups in total. The van der Waals surface area contributed by atoms with Crippen LogP contribution in [0.2, 0.25) is 0 Å². The molecule has 0 radical (unpaired) electrons. The number of hydrogen-bond donors (Lipinski definition) is 2. The number of allylic oxidation sites excluding steroid dienone is 3. The van der Waals surface area contributed by atoms with Crippen molar-refractivity contribution in [3.05, 3.63) is 64.2 Å². The average molecular weight is 498 g/mol. The predicted molar refractivity (Wildman–Crippen MR) is 116 cm³/mol. The lowest BCUT2D eigenvalue weighted by molar-refractivity contribution is -0.141. The first-order chi connectivity index (χ1) is 15.3. The fourth-order valence-corrected chi connectivity index (χ4v) is 4.20. The molecule has 0 aromatic carbocycles. The van der Waals surface area contributed by atoms with Crippen molar-refractivity contribution in [2.45, 2.75) is 32.4 Å². The number of thiazole rings is 1. The maximum absolute atomic E-state index is 12.8. The average Bonchev–Trinajstić information content (AvgIpc) is 3.22. The van der Waals surface area contributed by atoms with E-state index in [9.17, 15) is 26.4 Å².